The Morgan fingerprint density at radius 1 is 0.165 bits per heavy atom. The molecule has 0 aliphatic rings. The number of para-hydroxylation sites is 5. The van der Waals surface area contributed by atoms with E-state index in [9.17, 15) is 0 Å². The fourth-order valence-corrected chi connectivity index (χ4v) is 16.9. The van der Waals surface area contributed by atoms with E-state index in [-0.39, 0.29) is 0 Å². The molecule has 18 aromatic carbocycles. The van der Waals surface area contributed by atoms with E-state index in [1.165, 1.54) is 0 Å². The fourth-order valence-electron chi connectivity index (χ4n) is 16.9. The SMILES string of the molecule is c1ccc(-c2nc(-c3ccccc3)c3cc(-c4ccc(-c5cccc6c5oc5ccccc56)cc4)ccc3n2)cc1.c1ccc(-c2nc(-c3ccccc3)c3ccc(-c4ccc(-c5cccc6c5oc5ccccc56)cc4)cc3n2)cc1.c1ccc(-c2nc3ccc4cc(-c5cccc6oc7ccccc7c56)ccc4c3nc2-c2ccccc2)cc1. The van der Waals surface area contributed by atoms with E-state index in [1.54, 1.807) is 0 Å². The van der Waals surface area contributed by atoms with Crippen LogP contribution in [0.25, 0.3) is 233 Å². The Morgan fingerprint density at radius 2 is 0.545 bits per heavy atom. The fraction of sp³-hybridized carbons (Fsp3) is 0. The Morgan fingerprint density at radius 3 is 1.09 bits per heavy atom. The largest absolute Gasteiger partial charge is 0.456 e. The summed E-state index contributed by atoms with van der Waals surface area (Å²) in [7, 11) is 0. The summed E-state index contributed by atoms with van der Waals surface area (Å²) in [6.07, 6.45) is 0. The van der Waals surface area contributed by atoms with Gasteiger partial charge in [0.2, 0.25) is 0 Å². The third-order valence-electron chi connectivity index (χ3n) is 22.9. The Labute approximate surface area is 696 Å². The molecule has 0 aliphatic heterocycles. The highest BCUT2D eigenvalue weighted by Crippen LogP contribution is 2.44. The van der Waals surface area contributed by atoms with Crippen molar-refractivity contribution in [3.8, 4) is 123 Å². The zero-order valence-electron chi connectivity index (χ0n) is 65.3. The Hall–Kier alpha value is -16.4. The van der Waals surface area contributed by atoms with Crippen LogP contribution in [0, 0.1) is 0 Å². The van der Waals surface area contributed by atoms with Crippen molar-refractivity contribution in [2.24, 2.45) is 0 Å². The highest BCUT2D eigenvalue weighted by Gasteiger charge is 2.22. The summed E-state index contributed by atoms with van der Waals surface area (Å²) in [4.78, 5) is 30.4. The van der Waals surface area contributed by atoms with Gasteiger partial charge in [0.15, 0.2) is 11.6 Å². The Balaban J connectivity index is 0.000000109. The number of rotatable bonds is 11. The molecule has 6 aromatic heterocycles. The van der Waals surface area contributed by atoms with Crippen LogP contribution in [0.4, 0.5) is 0 Å². The third-order valence-corrected chi connectivity index (χ3v) is 22.9. The van der Waals surface area contributed by atoms with Gasteiger partial charge in [-0.3, -0.25) is 0 Å². The van der Waals surface area contributed by atoms with Crippen molar-refractivity contribution in [1.82, 2.24) is 29.9 Å². The number of hydrogen-bond acceptors (Lipinski definition) is 9. The first-order chi connectivity index (χ1) is 60.0. The summed E-state index contributed by atoms with van der Waals surface area (Å²) < 4.78 is 18.7. The molecule has 24 aromatic rings. The predicted molar refractivity (Wildman–Crippen MR) is 498 cm³/mol. The smallest absolute Gasteiger partial charge is 0.160 e. The topological polar surface area (TPSA) is 117 Å². The molecule has 6 heterocycles. The zero-order chi connectivity index (χ0) is 80.1. The molecular formula is C112H70N6O3. The van der Waals surface area contributed by atoms with Gasteiger partial charge in [-0.05, 0) is 111 Å². The van der Waals surface area contributed by atoms with Gasteiger partial charge in [-0.25, -0.2) is 29.9 Å². The van der Waals surface area contributed by atoms with E-state index in [0.29, 0.717) is 0 Å². The van der Waals surface area contributed by atoms with E-state index in [4.69, 9.17) is 43.2 Å². The number of aromatic nitrogens is 6. The summed E-state index contributed by atoms with van der Waals surface area (Å²) >= 11 is 0. The van der Waals surface area contributed by atoms with Crippen molar-refractivity contribution in [3.63, 3.8) is 0 Å². The van der Waals surface area contributed by atoms with Crippen molar-refractivity contribution in [1.29, 1.82) is 0 Å². The van der Waals surface area contributed by atoms with Crippen molar-refractivity contribution in [2.75, 3.05) is 0 Å². The van der Waals surface area contributed by atoms with Crippen LogP contribution in [-0.2, 0) is 0 Å². The van der Waals surface area contributed by atoms with E-state index in [0.717, 1.165) is 233 Å². The molecule has 24 rings (SSSR count). The average molecular weight is 1550 g/mol. The van der Waals surface area contributed by atoms with Crippen LogP contribution in [-0.4, -0.2) is 29.9 Å². The number of furan rings is 3. The maximum absolute atomic E-state index is 6.28. The third kappa shape index (κ3) is 13.4. The van der Waals surface area contributed by atoms with E-state index >= 15 is 0 Å². The van der Waals surface area contributed by atoms with Gasteiger partial charge in [-0.1, -0.05) is 364 Å². The van der Waals surface area contributed by atoms with E-state index in [2.05, 4.69) is 285 Å². The van der Waals surface area contributed by atoms with Crippen molar-refractivity contribution in [2.45, 2.75) is 0 Å². The molecular weight excluding hydrogens is 1480 g/mol. The summed E-state index contributed by atoms with van der Waals surface area (Å²) in [6.45, 7) is 0. The molecule has 0 spiro atoms. The molecule has 9 heteroatoms. The molecule has 0 unspecified atom stereocenters. The highest BCUT2D eigenvalue weighted by molar-refractivity contribution is 6.15. The number of hydrogen-bond donors (Lipinski definition) is 0. The molecule has 0 saturated carbocycles. The molecule has 0 saturated heterocycles. The molecule has 0 N–H and O–H groups in total. The minimum absolute atomic E-state index is 0.725. The molecule has 9 nitrogen and oxygen atoms in total. The van der Waals surface area contributed by atoms with Crippen molar-refractivity contribution >= 4 is 109 Å². The summed E-state index contributed by atoms with van der Waals surface area (Å²) in [5, 5.41) is 11.1. The lowest BCUT2D eigenvalue weighted by molar-refractivity contribution is 0.669. The maximum atomic E-state index is 6.28. The van der Waals surface area contributed by atoms with Crippen LogP contribution in [0.5, 0.6) is 0 Å². The van der Waals surface area contributed by atoms with Crippen LogP contribution in [0.2, 0.25) is 0 Å². The highest BCUT2D eigenvalue weighted by atomic mass is 16.3. The molecule has 0 aliphatic carbocycles. The van der Waals surface area contributed by atoms with E-state index in [1.807, 2.05) is 140 Å². The molecule has 566 valence electrons. The summed E-state index contributed by atoms with van der Waals surface area (Å²) in [6, 6.07) is 146. The standard InChI is InChI=1S/2C38H24N2O.C36H22N2O/c1-3-10-27(11-4-1)36-33-24-29(22-23-34(33)39-38(40-36)28-12-5-2-6-13-28)25-18-20-26(21-19-25)30-15-9-16-32-31-14-7-8-17-35(31)41-37(30)32;1-3-10-27(11-4-1)36-33-23-22-29(24-34(33)39-38(40-36)28-12-5-2-6-13-28)25-18-20-26(21-19-25)30-15-9-16-32-31-14-7-8-17-35(31)41-37(30)32;1-3-10-23(11-4-1)34-35(24-12-5-2-6-13-24)38-36-28-20-18-25(22-26(28)19-21-30(36)37-34)27-15-9-17-32-33(27)29-14-7-8-16-31(29)39-32/h2*1-24H;1-22H. The molecule has 0 bridgehead atoms. The molecule has 0 amide bonds. The second-order valence-corrected chi connectivity index (χ2v) is 30.2. The predicted octanol–water partition coefficient (Wildman–Crippen LogP) is 30.1. The quantitative estimate of drug-likeness (QED) is 0.117. The number of nitrogens with zero attached hydrogens (tertiary/aromatic N) is 6. The van der Waals surface area contributed by atoms with Crippen LogP contribution in [0.15, 0.2) is 438 Å². The summed E-state index contributed by atoms with van der Waals surface area (Å²) in [5.41, 5.74) is 30.3. The maximum Gasteiger partial charge on any atom is 0.160 e. The lowest BCUT2D eigenvalue weighted by Gasteiger charge is -2.13. The van der Waals surface area contributed by atoms with Crippen molar-refractivity contribution < 1.29 is 13.3 Å². The van der Waals surface area contributed by atoms with Crippen LogP contribution in [0.1, 0.15) is 0 Å². The first-order valence-corrected chi connectivity index (χ1v) is 40.6. The second-order valence-electron chi connectivity index (χ2n) is 30.2. The van der Waals surface area contributed by atoms with Crippen LogP contribution >= 0.6 is 0 Å². The van der Waals surface area contributed by atoms with Crippen molar-refractivity contribution in [3.05, 3.63) is 425 Å². The van der Waals surface area contributed by atoms with Gasteiger partial charge >= 0.3 is 0 Å². The minimum Gasteiger partial charge on any atom is -0.456 e. The minimum atomic E-state index is 0.725. The summed E-state index contributed by atoms with van der Waals surface area (Å²) in [5.74, 6) is 1.46. The molecule has 121 heavy (non-hydrogen) atoms. The van der Waals surface area contributed by atoms with Gasteiger partial charge in [0.25, 0.3) is 0 Å². The number of fused-ring (bicyclic) bond motifs is 14. The second kappa shape index (κ2) is 30.7. The first-order valence-electron chi connectivity index (χ1n) is 40.6. The van der Waals surface area contributed by atoms with Gasteiger partial charge in [-0.2, -0.15) is 0 Å². The lowest BCUT2D eigenvalue weighted by atomic mass is 9.96. The van der Waals surface area contributed by atoms with Crippen LogP contribution in [0.3, 0.4) is 0 Å². The molecule has 0 radical (unpaired) electrons. The van der Waals surface area contributed by atoms with E-state index < -0.39 is 0 Å². The van der Waals surface area contributed by atoms with Gasteiger partial charge in [0.05, 0.1) is 44.8 Å². The zero-order valence-corrected chi connectivity index (χ0v) is 65.3. The Kier molecular flexibility index (Phi) is 18.1. The molecule has 0 atom stereocenters. The van der Waals surface area contributed by atoms with Gasteiger partial charge in [0.1, 0.15) is 33.5 Å². The average Bonchev–Trinajstić information content (AvgIpc) is 1.71. The molecule has 0 fully saturated rings. The number of benzene rings is 18. The first kappa shape index (κ1) is 71.2. The Bertz CT molecular complexity index is 8040. The van der Waals surface area contributed by atoms with Crippen LogP contribution < -0.4 is 0 Å². The normalized spacial score (nSPS) is 11.5. The van der Waals surface area contributed by atoms with Gasteiger partial charge in [0, 0.05) is 93.0 Å². The lowest BCUT2D eigenvalue weighted by Crippen LogP contribution is -1.96. The van der Waals surface area contributed by atoms with Gasteiger partial charge in [-0.15, -0.1) is 0 Å². The van der Waals surface area contributed by atoms with Gasteiger partial charge < -0.3 is 13.3 Å². The monoisotopic (exact) mass is 1550 g/mol.